The lowest BCUT2D eigenvalue weighted by Gasteiger charge is -2.15. The number of aliphatic hydroxyl groups is 1. The number of allylic oxidation sites excluding steroid dienone is 1. The average molecular weight is 457 g/mol. The molecule has 5 heteroatoms. The van der Waals surface area contributed by atoms with Crippen LogP contribution in [0.5, 0.6) is 23.0 Å². The third-order valence-corrected chi connectivity index (χ3v) is 6.00. The number of methoxy groups -OCH3 is 3. The highest BCUT2D eigenvalue weighted by molar-refractivity contribution is 5.92. The van der Waals surface area contributed by atoms with Crippen molar-refractivity contribution in [2.24, 2.45) is 0 Å². The van der Waals surface area contributed by atoms with Crippen molar-refractivity contribution in [1.29, 1.82) is 0 Å². The summed E-state index contributed by atoms with van der Waals surface area (Å²) in [6, 6.07) is 23.2. The Morgan fingerprint density at radius 2 is 1.26 bits per heavy atom. The van der Waals surface area contributed by atoms with Crippen molar-refractivity contribution in [1.82, 2.24) is 0 Å². The van der Waals surface area contributed by atoms with Crippen LogP contribution in [0.4, 0.5) is 0 Å². The molecule has 4 aromatic rings. The van der Waals surface area contributed by atoms with Crippen molar-refractivity contribution in [2.45, 2.75) is 13.0 Å². The number of benzene rings is 4. The zero-order valence-corrected chi connectivity index (χ0v) is 19.5. The summed E-state index contributed by atoms with van der Waals surface area (Å²) in [6.07, 6.45) is 2.51. The maximum Gasteiger partial charge on any atom is 0.127 e. The van der Waals surface area contributed by atoms with E-state index in [1.807, 2.05) is 72.8 Å². The lowest BCUT2D eigenvalue weighted by atomic mass is 9.93. The Morgan fingerprint density at radius 1 is 0.735 bits per heavy atom. The quantitative estimate of drug-likeness (QED) is 0.354. The molecule has 0 aromatic heterocycles. The number of aromatic hydroxyl groups is 1. The van der Waals surface area contributed by atoms with Crippen LogP contribution in [0.1, 0.15) is 22.3 Å². The van der Waals surface area contributed by atoms with Gasteiger partial charge in [-0.2, -0.15) is 0 Å². The van der Waals surface area contributed by atoms with Gasteiger partial charge in [-0.3, -0.25) is 0 Å². The van der Waals surface area contributed by atoms with Crippen molar-refractivity contribution in [2.75, 3.05) is 21.3 Å². The zero-order valence-electron chi connectivity index (χ0n) is 19.5. The molecule has 0 aliphatic rings. The van der Waals surface area contributed by atoms with Crippen LogP contribution in [0.3, 0.4) is 0 Å². The molecule has 0 aliphatic heterocycles. The van der Waals surface area contributed by atoms with E-state index in [-0.39, 0.29) is 12.4 Å². The Hall–Kier alpha value is -3.96. The van der Waals surface area contributed by atoms with Gasteiger partial charge in [-0.25, -0.2) is 0 Å². The Labute approximate surface area is 199 Å². The fourth-order valence-corrected chi connectivity index (χ4v) is 4.10. The topological polar surface area (TPSA) is 68.2 Å². The Morgan fingerprint density at radius 3 is 1.76 bits per heavy atom. The predicted octanol–water partition coefficient (Wildman–Crippen LogP) is 5.74. The summed E-state index contributed by atoms with van der Waals surface area (Å²) in [5.41, 5.74) is 4.40. The average Bonchev–Trinajstić information content (AvgIpc) is 2.90. The predicted molar refractivity (Wildman–Crippen MR) is 135 cm³/mol. The van der Waals surface area contributed by atoms with Crippen LogP contribution in [-0.2, 0) is 13.0 Å². The van der Waals surface area contributed by atoms with Crippen LogP contribution in [0.25, 0.3) is 16.3 Å². The number of phenols is 1. The minimum absolute atomic E-state index is 0.153. The first-order chi connectivity index (χ1) is 16.6. The van der Waals surface area contributed by atoms with Gasteiger partial charge in [-0.1, -0.05) is 36.4 Å². The SMILES string of the molecule is COc1ccc(C(=CCc2c(CO)cc3ccc(OC)cc3c2O)c2ccc(OC)cc2)cc1. The number of ether oxygens (including phenoxy) is 3. The van der Waals surface area contributed by atoms with E-state index in [9.17, 15) is 10.2 Å². The Bertz CT molecular complexity index is 1260. The molecule has 5 nitrogen and oxygen atoms in total. The molecule has 0 atom stereocenters. The Kier molecular flexibility index (Phi) is 7.04. The fourth-order valence-electron chi connectivity index (χ4n) is 4.10. The fraction of sp³-hybridized carbons (Fsp3) is 0.172. The normalized spacial score (nSPS) is 10.7. The van der Waals surface area contributed by atoms with E-state index >= 15 is 0 Å². The zero-order chi connectivity index (χ0) is 24.1. The van der Waals surface area contributed by atoms with Crippen LogP contribution < -0.4 is 14.2 Å². The molecule has 0 saturated heterocycles. The minimum atomic E-state index is -0.168. The summed E-state index contributed by atoms with van der Waals surface area (Å²) >= 11 is 0. The lowest BCUT2D eigenvalue weighted by molar-refractivity contribution is 0.280. The van der Waals surface area contributed by atoms with Crippen molar-refractivity contribution < 1.29 is 24.4 Å². The highest BCUT2D eigenvalue weighted by Gasteiger charge is 2.14. The first-order valence-corrected chi connectivity index (χ1v) is 11.0. The third kappa shape index (κ3) is 4.70. The second kappa shape index (κ2) is 10.3. The van der Waals surface area contributed by atoms with E-state index in [0.29, 0.717) is 28.7 Å². The number of fused-ring (bicyclic) bond motifs is 1. The van der Waals surface area contributed by atoms with E-state index in [2.05, 4.69) is 6.08 Å². The van der Waals surface area contributed by atoms with Crippen LogP contribution in [-0.4, -0.2) is 31.5 Å². The van der Waals surface area contributed by atoms with Gasteiger partial charge in [0.15, 0.2) is 0 Å². The molecular weight excluding hydrogens is 428 g/mol. The van der Waals surface area contributed by atoms with E-state index < -0.39 is 0 Å². The van der Waals surface area contributed by atoms with Crippen LogP contribution in [0.15, 0.2) is 78.9 Å². The molecule has 0 bridgehead atoms. The van der Waals surface area contributed by atoms with Crippen molar-refractivity contribution in [3.63, 3.8) is 0 Å². The van der Waals surface area contributed by atoms with E-state index in [0.717, 1.165) is 33.6 Å². The highest BCUT2D eigenvalue weighted by Crippen LogP contribution is 2.36. The summed E-state index contributed by atoms with van der Waals surface area (Å²) in [4.78, 5) is 0. The molecular formula is C29H28O5. The van der Waals surface area contributed by atoms with Crippen LogP contribution in [0.2, 0.25) is 0 Å². The van der Waals surface area contributed by atoms with E-state index in [1.165, 1.54) is 0 Å². The second-order valence-corrected chi connectivity index (χ2v) is 7.89. The third-order valence-electron chi connectivity index (χ3n) is 6.00. The van der Waals surface area contributed by atoms with E-state index in [4.69, 9.17) is 14.2 Å². The van der Waals surface area contributed by atoms with Gasteiger partial charge in [0, 0.05) is 10.9 Å². The molecule has 0 heterocycles. The van der Waals surface area contributed by atoms with Gasteiger partial charge in [-0.15, -0.1) is 0 Å². The molecule has 0 fully saturated rings. The van der Waals surface area contributed by atoms with Gasteiger partial charge in [-0.05, 0) is 76.5 Å². The molecule has 0 radical (unpaired) electrons. The summed E-state index contributed by atoms with van der Waals surface area (Å²) in [6.45, 7) is -0.168. The largest absolute Gasteiger partial charge is 0.507 e. The van der Waals surface area contributed by atoms with Crippen molar-refractivity contribution in [3.05, 3.63) is 101 Å². The van der Waals surface area contributed by atoms with Gasteiger partial charge >= 0.3 is 0 Å². The molecule has 34 heavy (non-hydrogen) atoms. The number of aliphatic hydroxyl groups excluding tert-OH is 1. The first-order valence-electron chi connectivity index (χ1n) is 11.0. The summed E-state index contributed by atoms with van der Waals surface area (Å²) in [5, 5.41) is 22.7. The highest BCUT2D eigenvalue weighted by atomic mass is 16.5. The van der Waals surface area contributed by atoms with Crippen LogP contribution >= 0.6 is 0 Å². The van der Waals surface area contributed by atoms with Crippen molar-refractivity contribution >= 4 is 16.3 Å². The molecule has 2 N–H and O–H groups in total. The minimum Gasteiger partial charge on any atom is -0.507 e. The second-order valence-electron chi connectivity index (χ2n) is 7.89. The first kappa shape index (κ1) is 23.2. The van der Waals surface area contributed by atoms with Crippen LogP contribution in [0, 0.1) is 0 Å². The lowest BCUT2D eigenvalue weighted by Crippen LogP contribution is -1.97. The number of hydrogen-bond donors (Lipinski definition) is 2. The molecule has 0 unspecified atom stereocenters. The van der Waals surface area contributed by atoms with Crippen molar-refractivity contribution in [3.8, 4) is 23.0 Å². The molecule has 0 spiro atoms. The molecule has 174 valence electrons. The number of hydrogen-bond acceptors (Lipinski definition) is 5. The van der Waals surface area contributed by atoms with E-state index in [1.54, 1.807) is 21.3 Å². The van der Waals surface area contributed by atoms with Gasteiger partial charge in [0.2, 0.25) is 0 Å². The van der Waals surface area contributed by atoms with Gasteiger partial charge in [0.1, 0.15) is 23.0 Å². The molecule has 0 amide bonds. The van der Waals surface area contributed by atoms with Gasteiger partial charge in [0.25, 0.3) is 0 Å². The standard InChI is InChI=1S/C29H28O5/c1-32-23-9-4-19(5-10-23)26(20-6-11-24(33-2)12-7-20)14-15-27-22(18-30)16-21-8-13-25(34-3)17-28(21)29(27)31/h4-14,16-17,30-31H,15,18H2,1-3H3. The van der Waals surface area contributed by atoms with Gasteiger partial charge < -0.3 is 24.4 Å². The smallest absolute Gasteiger partial charge is 0.127 e. The summed E-state index contributed by atoms with van der Waals surface area (Å²) in [5.74, 6) is 2.38. The maximum atomic E-state index is 11.1. The maximum absolute atomic E-state index is 11.1. The number of rotatable bonds is 8. The van der Waals surface area contributed by atoms with Gasteiger partial charge in [0.05, 0.1) is 27.9 Å². The molecule has 0 aliphatic carbocycles. The summed E-state index contributed by atoms with van der Waals surface area (Å²) < 4.78 is 16.0. The Balaban J connectivity index is 1.81. The molecule has 4 aromatic carbocycles. The number of phenolic OH excluding ortho intramolecular Hbond substituents is 1. The molecule has 0 saturated carbocycles. The molecule has 4 rings (SSSR count). The summed E-state index contributed by atoms with van der Waals surface area (Å²) in [7, 11) is 4.88. The monoisotopic (exact) mass is 456 g/mol.